The fourth-order valence-electron chi connectivity index (χ4n) is 1.07. The Hall–Kier alpha value is -1.35. The molecule has 1 N–H and O–H groups in total. The number of hydrogen-bond acceptors (Lipinski definition) is 3. The van der Waals surface area contributed by atoms with Crippen molar-refractivity contribution in [3.05, 3.63) is 35.9 Å². The topological polar surface area (TPSA) is 38.3 Å². The molecule has 0 saturated carbocycles. The molecule has 0 aliphatic carbocycles. The first-order valence-corrected chi connectivity index (χ1v) is 4.54. The fourth-order valence-corrected chi connectivity index (χ4v) is 1.07. The molecule has 0 atom stereocenters. The van der Waals surface area contributed by atoms with E-state index in [1.807, 2.05) is 44.2 Å². The van der Waals surface area contributed by atoms with E-state index in [9.17, 15) is 4.79 Å². The second-order valence-electron chi connectivity index (χ2n) is 3.56. The molecule has 0 aliphatic heterocycles. The van der Waals surface area contributed by atoms with Gasteiger partial charge in [-0.15, -0.1) is 0 Å². The number of rotatable bonds is 5. The van der Waals surface area contributed by atoms with Crippen LogP contribution in [-0.2, 0) is 16.1 Å². The first kappa shape index (κ1) is 10.7. The maximum atomic E-state index is 10.2. The summed E-state index contributed by atoms with van der Waals surface area (Å²) in [5, 5.41) is 3.12. The third-order valence-electron chi connectivity index (χ3n) is 1.90. The summed E-state index contributed by atoms with van der Waals surface area (Å²) in [6.07, 6.45) is 0. The molecule has 0 aromatic heterocycles. The summed E-state index contributed by atoms with van der Waals surface area (Å²) in [6, 6.07) is 9.96. The molecule has 0 unspecified atom stereocenters. The summed E-state index contributed by atoms with van der Waals surface area (Å²) in [5.74, 6) is 0. The lowest BCUT2D eigenvalue weighted by molar-refractivity contribution is -0.143. The van der Waals surface area contributed by atoms with Gasteiger partial charge in [-0.05, 0) is 19.4 Å². The fraction of sp³-hybridized carbons (Fsp3) is 0.364. The minimum Gasteiger partial charge on any atom is -0.447 e. The molecule has 0 amide bonds. The molecule has 0 radical (unpaired) electrons. The van der Waals surface area contributed by atoms with E-state index < -0.39 is 5.72 Å². The van der Waals surface area contributed by atoms with Gasteiger partial charge in [-0.2, -0.15) is 0 Å². The highest BCUT2D eigenvalue weighted by atomic mass is 16.5. The Labute approximate surface area is 84.1 Å². The summed E-state index contributed by atoms with van der Waals surface area (Å²) < 4.78 is 4.86. The average molecular weight is 193 g/mol. The van der Waals surface area contributed by atoms with E-state index in [1.54, 1.807) is 0 Å². The van der Waals surface area contributed by atoms with Crippen LogP contribution in [0.5, 0.6) is 0 Å². The zero-order valence-electron chi connectivity index (χ0n) is 8.49. The molecular weight excluding hydrogens is 178 g/mol. The van der Waals surface area contributed by atoms with E-state index in [-0.39, 0.29) is 0 Å². The molecule has 14 heavy (non-hydrogen) atoms. The second-order valence-corrected chi connectivity index (χ2v) is 3.56. The Kier molecular flexibility index (Phi) is 3.65. The molecule has 1 aromatic carbocycles. The van der Waals surface area contributed by atoms with Crippen molar-refractivity contribution in [3.8, 4) is 0 Å². The predicted octanol–water partition coefficient (Wildman–Crippen LogP) is 1.69. The zero-order chi connectivity index (χ0) is 10.4. The Balaban J connectivity index is 2.44. The largest absolute Gasteiger partial charge is 0.447 e. The molecule has 0 fully saturated rings. The van der Waals surface area contributed by atoms with Crippen LogP contribution in [0.2, 0.25) is 0 Å². The van der Waals surface area contributed by atoms with Crippen molar-refractivity contribution in [1.29, 1.82) is 0 Å². The third-order valence-corrected chi connectivity index (χ3v) is 1.90. The highest BCUT2D eigenvalue weighted by Crippen LogP contribution is 2.05. The summed E-state index contributed by atoms with van der Waals surface area (Å²) in [6.45, 7) is 4.76. The molecule has 0 heterocycles. The number of hydrogen-bond donors (Lipinski definition) is 1. The van der Waals surface area contributed by atoms with Gasteiger partial charge in [0.15, 0.2) is 5.72 Å². The molecule has 0 bridgehead atoms. The molecule has 3 heteroatoms. The van der Waals surface area contributed by atoms with Crippen molar-refractivity contribution in [1.82, 2.24) is 5.32 Å². The Morgan fingerprint density at radius 3 is 2.57 bits per heavy atom. The Morgan fingerprint density at radius 1 is 1.36 bits per heavy atom. The Bertz CT molecular complexity index is 283. The summed E-state index contributed by atoms with van der Waals surface area (Å²) >= 11 is 0. The summed E-state index contributed by atoms with van der Waals surface area (Å²) in [4.78, 5) is 10.2. The van der Waals surface area contributed by atoms with E-state index in [0.29, 0.717) is 13.0 Å². The lowest BCUT2D eigenvalue weighted by atomic mass is 10.2. The summed E-state index contributed by atoms with van der Waals surface area (Å²) in [5.41, 5.74) is 0.549. The average Bonchev–Trinajstić information content (AvgIpc) is 2.17. The van der Waals surface area contributed by atoms with Crippen LogP contribution >= 0.6 is 0 Å². The van der Waals surface area contributed by atoms with Gasteiger partial charge in [0.05, 0.1) is 0 Å². The van der Waals surface area contributed by atoms with Gasteiger partial charge in [-0.3, -0.25) is 10.1 Å². The van der Waals surface area contributed by atoms with Crippen molar-refractivity contribution in [2.75, 3.05) is 0 Å². The number of carbonyl (C=O) groups excluding carboxylic acids is 1. The van der Waals surface area contributed by atoms with E-state index >= 15 is 0 Å². The number of benzene rings is 1. The third kappa shape index (κ3) is 3.58. The maximum Gasteiger partial charge on any atom is 0.294 e. The van der Waals surface area contributed by atoms with Gasteiger partial charge >= 0.3 is 0 Å². The van der Waals surface area contributed by atoms with Gasteiger partial charge in [-0.1, -0.05) is 30.3 Å². The number of nitrogens with one attached hydrogen (secondary N) is 1. The lowest BCUT2D eigenvalue weighted by Crippen LogP contribution is -2.41. The van der Waals surface area contributed by atoms with Crippen LogP contribution in [0.25, 0.3) is 0 Å². The Morgan fingerprint density at radius 2 is 2.00 bits per heavy atom. The minimum absolute atomic E-state index is 0.456. The molecule has 1 aromatic rings. The smallest absolute Gasteiger partial charge is 0.294 e. The van der Waals surface area contributed by atoms with Crippen molar-refractivity contribution < 1.29 is 9.53 Å². The standard InChI is InChI=1S/C11H15NO2/c1-11(2,14-9-13)12-8-10-6-4-3-5-7-10/h3-7,9,12H,8H2,1-2H3. The molecule has 0 spiro atoms. The van der Waals surface area contributed by atoms with Gasteiger partial charge in [-0.25, -0.2) is 0 Å². The highest BCUT2D eigenvalue weighted by Gasteiger charge is 2.16. The number of ether oxygens (including phenoxy) is 1. The zero-order valence-corrected chi connectivity index (χ0v) is 8.49. The molecule has 3 nitrogen and oxygen atoms in total. The van der Waals surface area contributed by atoms with Gasteiger partial charge < -0.3 is 4.74 Å². The van der Waals surface area contributed by atoms with Gasteiger partial charge in [0.2, 0.25) is 0 Å². The van der Waals surface area contributed by atoms with Crippen molar-refractivity contribution >= 4 is 6.47 Å². The second kappa shape index (κ2) is 4.77. The molecular formula is C11H15NO2. The quantitative estimate of drug-likeness (QED) is 0.571. The first-order valence-electron chi connectivity index (χ1n) is 4.54. The van der Waals surface area contributed by atoms with Crippen LogP contribution in [0.1, 0.15) is 19.4 Å². The van der Waals surface area contributed by atoms with E-state index in [4.69, 9.17) is 4.74 Å². The van der Waals surface area contributed by atoms with Crippen LogP contribution < -0.4 is 5.32 Å². The lowest BCUT2D eigenvalue weighted by Gasteiger charge is -2.24. The minimum atomic E-state index is -0.614. The van der Waals surface area contributed by atoms with E-state index in [2.05, 4.69) is 5.32 Å². The molecule has 0 aliphatic rings. The molecule has 76 valence electrons. The maximum absolute atomic E-state index is 10.2. The van der Waals surface area contributed by atoms with E-state index in [1.165, 1.54) is 0 Å². The normalized spacial score (nSPS) is 11.0. The van der Waals surface area contributed by atoms with Crippen LogP contribution in [-0.4, -0.2) is 12.2 Å². The monoisotopic (exact) mass is 193 g/mol. The van der Waals surface area contributed by atoms with Crippen molar-refractivity contribution in [2.24, 2.45) is 0 Å². The van der Waals surface area contributed by atoms with Crippen molar-refractivity contribution in [3.63, 3.8) is 0 Å². The predicted molar refractivity (Wildman–Crippen MR) is 54.5 cm³/mol. The van der Waals surface area contributed by atoms with Crippen molar-refractivity contribution in [2.45, 2.75) is 26.1 Å². The molecule has 1 rings (SSSR count). The van der Waals surface area contributed by atoms with Crippen LogP contribution in [0.15, 0.2) is 30.3 Å². The van der Waals surface area contributed by atoms with Gasteiger partial charge in [0.25, 0.3) is 6.47 Å². The van der Waals surface area contributed by atoms with E-state index in [0.717, 1.165) is 5.56 Å². The first-order chi connectivity index (χ1) is 6.64. The van der Waals surface area contributed by atoms with Crippen LogP contribution in [0, 0.1) is 0 Å². The van der Waals surface area contributed by atoms with Gasteiger partial charge in [0, 0.05) is 6.54 Å². The number of carbonyl (C=O) groups is 1. The highest BCUT2D eigenvalue weighted by molar-refractivity contribution is 5.38. The SMILES string of the molecule is CC(C)(NCc1ccccc1)OC=O. The summed E-state index contributed by atoms with van der Waals surface area (Å²) in [7, 11) is 0. The van der Waals surface area contributed by atoms with Crippen LogP contribution in [0.3, 0.4) is 0 Å². The van der Waals surface area contributed by atoms with Gasteiger partial charge in [0.1, 0.15) is 0 Å². The molecule has 0 saturated heterocycles. The van der Waals surface area contributed by atoms with Crippen LogP contribution in [0.4, 0.5) is 0 Å².